The van der Waals surface area contributed by atoms with E-state index in [-0.39, 0.29) is 11.9 Å². The summed E-state index contributed by atoms with van der Waals surface area (Å²) in [6.07, 6.45) is 1.56. The van der Waals surface area contributed by atoms with Gasteiger partial charge in [0.2, 0.25) is 5.91 Å². The molecular weight excluding hydrogens is 292 g/mol. The van der Waals surface area contributed by atoms with Crippen molar-refractivity contribution in [1.82, 2.24) is 15.5 Å². The molecule has 1 aromatic rings. The van der Waals surface area contributed by atoms with Crippen LogP contribution in [0.4, 0.5) is 10.5 Å². The molecule has 6 nitrogen and oxygen atoms in total. The Morgan fingerprint density at radius 2 is 2.00 bits per heavy atom. The number of hydrogen-bond donors (Lipinski definition) is 2. The molecule has 0 radical (unpaired) electrons. The second kappa shape index (κ2) is 5.85. The number of nitrogens with zero attached hydrogens (tertiary/aromatic N) is 2. The molecule has 0 unspecified atom stereocenters. The first-order chi connectivity index (χ1) is 11.2. The molecule has 1 aromatic carbocycles. The molecule has 23 heavy (non-hydrogen) atoms. The van der Waals surface area contributed by atoms with Crippen LogP contribution in [-0.4, -0.2) is 55.6 Å². The summed E-state index contributed by atoms with van der Waals surface area (Å²) in [6.45, 7) is 4.24. The zero-order valence-corrected chi connectivity index (χ0v) is 13.1. The first-order valence-corrected chi connectivity index (χ1v) is 8.37. The van der Waals surface area contributed by atoms with Crippen LogP contribution in [-0.2, 0) is 11.2 Å². The monoisotopic (exact) mass is 314 g/mol. The van der Waals surface area contributed by atoms with Gasteiger partial charge in [-0.3, -0.25) is 9.69 Å². The number of likely N-dealkylation sites (tertiary alicyclic amines) is 1. The minimum absolute atomic E-state index is 0.0503. The molecule has 0 saturated carbocycles. The molecule has 3 saturated heterocycles. The number of fused-ring (bicyclic) bond motifs is 1. The Bertz CT molecular complexity index is 616. The van der Waals surface area contributed by atoms with Crippen LogP contribution in [0, 0.1) is 5.92 Å². The van der Waals surface area contributed by atoms with Gasteiger partial charge in [-0.2, -0.15) is 0 Å². The van der Waals surface area contributed by atoms with Gasteiger partial charge in [-0.1, -0.05) is 12.1 Å². The number of carbonyl (C=O) groups excluding carboxylic acids is 2. The van der Waals surface area contributed by atoms with Gasteiger partial charge in [-0.25, -0.2) is 4.79 Å². The Hall–Kier alpha value is -2.08. The zero-order chi connectivity index (χ0) is 15.8. The third-order valence-corrected chi connectivity index (χ3v) is 5.23. The Balaban J connectivity index is 1.41. The van der Waals surface area contributed by atoms with E-state index in [1.54, 1.807) is 4.90 Å². The average Bonchev–Trinajstić information content (AvgIpc) is 3.24. The molecule has 2 atom stereocenters. The van der Waals surface area contributed by atoms with Crippen molar-refractivity contribution in [3.05, 3.63) is 29.8 Å². The highest BCUT2D eigenvalue weighted by molar-refractivity contribution is 5.94. The van der Waals surface area contributed by atoms with Crippen LogP contribution in [0.1, 0.15) is 12.0 Å². The second-order valence-electron chi connectivity index (χ2n) is 6.59. The van der Waals surface area contributed by atoms with E-state index < -0.39 is 0 Å². The summed E-state index contributed by atoms with van der Waals surface area (Å²) in [5.74, 6) is 0.850. The number of anilines is 1. The molecule has 3 amide bonds. The molecule has 6 heteroatoms. The Morgan fingerprint density at radius 1 is 1.17 bits per heavy atom. The molecule has 0 bridgehead atoms. The van der Waals surface area contributed by atoms with Crippen LogP contribution < -0.4 is 15.5 Å². The Kier molecular flexibility index (Phi) is 3.69. The van der Waals surface area contributed by atoms with E-state index in [4.69, 9.17) is 0 Å². The second-order valence-corrected chi connectivity index (χ2v) is 6.59. The summed E-state index contributed by atoms with van der Waals surface area (Å²) >= 11 is 0. The molecule has 3 fully saturated rings. The van der Waals surface area contributed by atoms with Crippen molar-refractivity contribution in [3.63, 3.8) is 0 Å². The highest BCUT2D eigenvalue weighted by Crippen LogP contribution is 2.28. The molecule has 3 heterocycles. The molecule has 0 aromatic heterocycles. The van der Waals surface area contributed by atoms with E-state index in [0.717, 1.165) is 37.3 Å². The summed E-state index contributed by atoms with van der Waals surface area (Å²) in [4.78, 5) is 28.0. The van der Waals surface area contributed by atoms with E-state index in [1.807, 2.05) is 29.2 Å². The van der Waals surface area contributed by atoms with Crippen LogP contribution in [0.5, 0.6) is 0 Å². The maximum absolute atomic E-state index is 12.6. The van der Waals surface area contributed by atoms with Gasteiger partial charge in [0.05, 0.1) is 6.42 Å². The Labute approximate surface area is 135 Å². The minimum Gasteiger partial charge on any atom is -0.338 e. The number of amides is 3. The van der Waals surface area contributed by atoms with Gasteiger partial charge in [0, 0.05) is 44.5 Å². The summed E-state index contributed by atoms with van der Waals surface area (Å²) in [5.41, 5.74) is 1.89. The lowest BCUT2D eigenvalue weighted by molar-refractivity contribution is -0.131. The molecular formula is C17H22N4O2. The van der Waals surface area contributed by atoms with Crippen molar-refractivity contribution < 1.29 is 9.59 Å². The number of hydrogen-bond acceptors (Lipinski definition) is 3. The highest BCUT2D eigenvalue weighted by Gasteiger charge is 2.39. The number of rotatable bonds is 3. The predicted octanol–water partition coefficient (Wildman–Crippen LogP) is 0.579. The van der Waals surface area contributed by atoms with Crippen molar-refractivity contribution in [3.8, 4) is 0 Å². The topological polar surface area (TPSA) is 64.7 Å². The van der Waals surface area contributed by atoms with E-state index in [9.17, 15) is 9.59 Å². The van der Waals surface area contributed by atoms with Crippen LogP contribution in [0.3, 0.4) is 0 Å². The lowest BCUT2D eigenvalue weighted by Crippen LogP contribution is -2.39. The van der Waals surface area contributed by atoms with Crippen LogP contribution >= 0.6 is 0 Å². The van der Waals surface area contributed by atoms with Crippen LogP contribution in [0.25, 0.3) is 0 Å². The number of nitrogens with one attached hydrogen (secondary N) is 2. The van der Waals surface area contributed by atoms with Crippen molar-refractivity contribution in [2.24, 2.45) is 5.92 Å². The van der Waals surface area contributed by atoms with Gasteiger partial charge in [0.1, 0.15) is 0 Å². The summed E-state index contributed by atoms with van der Waals surface area (Å²) in [6, 6.07) is 8.11. The average molecular weight is 314 g/mol. The highest BCUT2D eigenvalue weighted by atomic mass is 16.2. The molecule has 3 aliphatic heterocycles. The first-order valence-electron chi connectivity index (χ1n) is 8.37. The van der Waals surface area contributed by atoms with Gasteiger partial charge in [0.25, 0.3) is 0 Å². The van der Waals surface area contributed by atoms with Gasteiger partial charge >= 0.3 is 6.03 Å². The molecule has 2 N–H and O–H groups in total. The molecule has 122 valence electrons. The van der Waals surface area contributed by atoms with Crippen molar-refractivity contribution in [2.75, 3.05) is 37.6 Å². The third kappa shape index (κ3) is 2.67. The summed E-state index contributed by atoms with van der Waals surface area (Å²) < 4.78 is 0. The molecule has 0 spiro atoms. The molecule has 3 aliphatic rings. The number of urea groups is 1. The van der Waals surface area contributed by atoms with Gasteiger partial charge < -0.3 is 15.5 Å². The fraction of sp³-hybridized carbons (Fsp3) is 0.529. The largest absolute Gasteiger partial charge is 0.338 e. The normalized spacial score (nSPS) is 26.5. The lowest BCUT2D eigenvalue weighted by atomic mass is 10.0. The smallest absolute Gasteiger partial charge is 0.321 e. The molecule has 4 rings (SSSR count). The summed E-state index contributed by atoms with van der Waals surface area (Å²) in [7, 11) is 0. The predicted molar refractivity (Wildman–Crippen MR) is 87.4 cm³/mol. The van der Waals surface area contributed by atoms with Gasteiger partial charge in [0.15, 0.2) is 0 Å². The maximum atomic E-state index is 12.6. The van der Waals surface area contributed by atoms with Crippen LogP contribution in [0.15, 0.2) is 24.3 Å². The fourth-order valence-electron chi connectivity index (χ4n) is 3.95. The van der Waals surface area contributed by atoms with Gasteiger partial charge in [-0.15, -0.1) is 0 Å². The van der Waals surface area contributed by atoms with Crippen LogP contribution in [0.2, 0.25) is 0 Å². The van der Waals surface area contributed by atoms with E-state index in [2.05, 4.69) is 10.6 Å². The third-order valence-electron chi connectivity index (χ3n) is 5.23. The Morgan fingerprint density at radius 3 is 2.74 bits per heavy atom. The van der Waals surface area contributed by atoms with E-state index >= 15 is 0 Å². The van der Waals surface area contributed by atoms with Crippen molar-refractivity contribution in [2.45, 2.75) is 18.9 Å². The van der Waals surface area contributed by atoms with E-state index in [1.165, 1.54) is 0 Å². The fourth-order valence-corrected chi connectivity index (χ4v) is 3.95. The zero-order valence-electron chi connectivity index (χ0n) is 13.1. The first kappa shape index (κ1) is 14.5. The molecule has 0 aliphatic carbocycles. The SMILES string of the molecule is O=C1NCCN1c1ccc(CC(=O)N2CC[C@H]3CNC[C@H]32)cc1. The summed E-state index contributed by atoms with van der Waals surface area (Å²) in [5, 5.41) is 6.17. The van der Waals surface area contributed by atoms with Crippen molar-refractivity contribution >= 4 is 17.6 Å². The number of benzene rings is 1. The maximum Gasteiger partial charge on any atom is 0.321 e. The minimum atomic E-state index is -0.0503. The number of carbonyl (C=O) groups is 2. The standard InChI is InChI=1S/C17H22N4O2/c22-16(21-7-5-13-10-18-11-15(13)21)9-12-1-3-14(4-2-12)20-8-6-19-17(20)23/h1-4,13,15,18H,5-11H2,(H,19,23)/t13-,15+/m0/s1. The van der Waals surface area contributed by atoms with E-state index in [0.29, 0.717) is 31.5 Å². The lowest BCUT2D eigenvalue weighted by Gasteiger charge is -2.23. The van der Waals surface area contributed by atoms with Crippen molar-refractivity contribution in [1.29, 1.82) is 0 Å². The van der Waals surface area contributed by atoms with Gasteiger partial charge in [-0.05, 0) is 30.0 Å². The quantitative estimate of drug-likeness (QED) is 0.858.